The van der Waals surface area contributed by atoms with E-state index in [9.17, 15) is 0 Å². The highest BCUT2D eigenvalue weighted by molar-refractivity contribution is 6.31. The van der Waals surface area contributed by atoms with Gasteiger partial charge >= 0.3 is 0 Å². The van der Waals surface area contributed by atoms with E-state index in [1.54, 1.807) is 6.08 Å². The minimum atomic E-state index is 0.442. The SMILES string of the molecule is C=CCNC(N)=NCCc1c[nH]c2ccc(Cl)cc12. The van der Waals surface area contributed by atoms with E-state index in [0.29, 0.717) is 19.0 Å². The highest BCUT2D eigenvalue weighted by Crippen LogP contribution is 2.22. The van der Waals surface area contributed by atoms with Gasteiger partial charge in [0.1, 0.15) is 0 Å². The third-order valence-electron chi connectivity index (χ3n) is 2.82. The van der Waals surface area contributed by atoms with Crippen molar-refractivity contribution in [2.45, 2.75) is 6.42 Å². The van der Waals surface area contributed by atoms with E-state index in [2.05, 4.69) is 21.9 Å². The fourth-order valence-electron chi connectivity index (χ4n) is 1.89. The largest absolute Gasteiger partial charge is 0.370 e. The van der Waals surface area contributed by atoms with Crippen LogP contribution in [0.1, 0.15) is 5.56 Å². The van der Waals surface area contributed by atoms with Gasteiger partial charge in [-0.3, -0.25) is 4.99 Å². The minimum absolute atomic E-state index is 0.442. The fourth-order valence-corrected chi connectivity index (χ4v) is 2.06. The summed E-state index contributed by atoms with van der Waals surface area (Å²) >= 11 is 6.01. The van der Waals surface area contributed by atoms with Gasteiger partial charge in [0, 0.05) is 35.2 Å². The predicted octanol–water partition coefficient (Wildman–Crippen LogP) is 2.45. The summed E-state index contributed by atoms with van der Waals surface area (Å²) in [6.45, 7) is 4.86. The zero-order valence-corrected chi connectivity index (χ0v) is 11.4. The van der Waals surface area contributed by atoms with Gasteiger partial charge in [0.2, 0.25) is 0 Å². The maximum Gasteiger partial charge on any atom is 0.188 e. The van der Waals surface area contributed by atoms with E-state index in [1.165, 1.54) is 5.56 Å². The maximum absolute atomic E-state index is 6.01. The number of nitrogens with zero attached hydrogens (tertiary/aromatic N) is 1. The highest BCUT2D eigenvalue weighted by atomic mass is 35.5. The van der Waals surface area contributed by atoms with E-state index in [-0.39, 0.29) is 0 Å². The van der Waals surface area contributed by atoms with Crippen LogP contribution in [-0.4, -0.2) is 24.0 Å². The summed E-state index contributed by atoms with van der Waals surface area (Å²) in [5.74, 6) is 0.442. The Morgan fingerprint density at radius 3 is 3.16 bits per heavy atom. The molecule has 0 radical (unpaired) electrons. The highest BCUT2D eigenvalue weighted by Gasteiger charge is 2.03. The standard InChI is InChI=1S/C14H17ClN4/c1-2-6-17-14(16)18-7-5-10-9-19-13-4-3-11(15)8-12(10)13/h2-4,8-9,19H,1,5-7H2,(H3,16,17,18). The number of guanidine groups is 1. The molecule has 0 unspecified atom stereocenters. The molecule has 2 aromatic rings. The molecule has 5 heteroatoms. The van der Waals surface area contributed by atoms with Crippen LogP contribution in [-0.2, 0) is 6.42 Å². The first-order chi connectivity index (χ1) is 9.20. The normalized spacial score (nSPS) is 11.7. The van der Waals surface area contributed by atoms with Crippen LogP contribution in [0.2, 0.25) is 5.02 Å². The van der Waals surface area contributed by atoms with Crippen molar-refractivity contribution in [2.75, 3.05) is 13.1 Å². The lowest BCUT2D eigenvalue weighted by Gasteiger charge is -2.02. The van der Waals surface area contributed by atoms with E-state index in [4.69, 9.17) is 17.3 Å². The number of fused-ring (bicyclic) bond motifs is 1. The van der Waals surface area contributed by atoms with E-state index in [1.807, 2.05) is 24.4 Å². The van der Waals surface area contributed by atoms with Gasteiger partial charge in [-0.1, -0.05) is 17.7 Å². The molecule has 0 aliphatic carbocycles. The summed E-state index contributed by atoms with van der Waals surface area (Å²) in [7, 11) is 0. The third kappa shape index (κ3) is 3.51. The number of nitrogens with one attached hydrogen (secondary N) is 2. The molecule has 19 heavy (non-hydrogen) atoms. The zero-order valence-electron chi connectivity index (χ0n) is 10.6. The molecular weight excluding hydrogens is 260 g/mol. The molecule has 4 N–H and O–H groups in total. The van der Waals surface area contributed by atoms with Crippen molar-refractivity contribution in [3.8, 4) is 0 Å². The van der Waals surface area contributed by atoms with Gasteiger partial charge in [0.25, 0.3) is 0 Å². The molecule has 0 bridgehead atoms. The molecule has 1 aromatic heterocycles. The molecule has 0 saturated heterocycles. The van der Waals surface area contributed by atoms with Crippen LogP contribution in [0.5, 0.6) is 0 Å². The lowest BCUT2D eigenvalue weighted by atomic mass is 10.1. The number of hydrogen-bond acceptors (Lipinski definition) is 1. The van der Waals surface area contributed by atoms with Gasteiger partial charge in [-0.25, -0.2) is 0 Å². The number of aromatic nitrogens is 1. The lowest BCUT2D eigenvalue weighted by molar-refractivity contribution is 0.934. The molecule has 0 spiro atoms. The lowest BCUT2D eigenvalue weighted by Crippen LogP contribution is -2.31. The molecule has 1 aromatic carbocycles. The average molecular weight is 277 g/mol. The Morgan fingerprint density at radius 1 is 1.53 bits per heavy atom. The number of aromatic amines is 1. The fraction of sp³-hybridized carbons (Fsp3) is 0.214. The summed E-state index contributed by atoms with van der Waals surface area (Å²) in [4.78, 5) is 7.47. The van der Waals surface area contributed by atoms with Crippen molar-refractivity contribution in [2.24, 2.45) is 10.7 Å². The van der Waals surface area contributed by atoms with Crippen molar-refractivity contribution >= 4 is 28.5 Å². The number of H-pyrrole nitrogens is 1. The molecule has 4 nitrogen and oxygen atoms in total. The summed E-state index contributed by atoms with van der Waals surface area (Å²) in [6.07, 6.45) is 4.55. The predicted molar refractivity (Wildman–Crippen MR) is 81.7 cm³/mol. The van der Waals surface area contributed by atoms with Gasteiger partial charge in [-0.15, -0.1) is 6.58 Å². The van der Waals surface area contributed by atoms with Gasteiger partial charge in [0.05, 0.1) is 0 Å². The number of hydrogen-bond donors (Lipinski definition) is 3. The number of rotatable bonds is 5. The number of nitrogens with two attached hydrogens (primary N) is 1. The van der Waals surface area contributed by atoms with Crippen molar-refractivity contribution < 1.29 is 0 Å². The topological polar surface area (TPSA) is 66.2 Å². The van der Waals surface area contributed by atoms with Crippen molar-refractivity contribution in [1.29, 1.82) is 0 Å². The van der Waals surface area contributed by atoms with Crippen molar-refractivity contribution in [3.05, 3.63) is 47.6 Å². The number of benzene rings is 1. The molecule has 0 fully saturated rings. The maximum atomic E-state index is 6.01. The van der Waals surface area contributed by atoms with Crippen LogP contribution in [0.15, 0.2) is 42.0 Å². The summed E-state index contributed by atoms with van der Waals surface area (Å²) in [5, 5.41) is 4.82. The number of aliphatic imine (C=N–C) groups is 1. The van der Waals surface area contributed by atoms with E-state index in [0.717, 1.165) is 22.3 Å². The van der Waals surface area contributed by atoms with Crippen LogP contribution >= 0.6 is 11.6 Å². The Hall–Kier alpha value is -1.94. The Bertz CT molecular complexity index is 601. The van der Waals surface area contributed by atoms with E-state index < -0.39 is 0 Å². The molecule has 0 amide bonds. The zero-order chi connectivity index (χ0) is 13.7. The average Bonchev–Trinajstić information content (AvgIpc) is 2.79. The first-order valence-corrected chi connectivity index (χ1v) is 6.48. The van der Waals surface area contributed by atoms with Gasteiger partial charge in [-0.2, -0.15) is 0 Å². The van der Waals surface area contributed by atoms with E-state index >= 15 is 0 Å². The monoisotopic (exact) mass is 276 g/mol. The van der Waals surface area contributed by atoms with Crippen molar-refractivity contribution in [3.63, 3.8) is 0 Å². The van der Waals surface area contributed by atoms with Gasteiger partial charge < -0.3 is 16.0 Å². The smallest absolute Gasteiger partial charge is 0.188 e. The summed E-state index contributed by atoms with van der Waals surface area (Å²) in [6, 6.07) is 5.82. The van der Waals surface area contributed by atoms with Crippen molar-refractivity contribution in [1.82, 2.24) is 10.3 Å². The molecule has 2 rings (SSSR count). The van der Waals surface area contributed by atoms with Crippen LogP contribution in [0.3, 0.4) is 0 Å². The van der Waals surface area contributed by atoms with Crippen LogP contribution < -0.4 is 11.1 Å². The molecule has 0 atom stereocenters. The quantitative estimate of drug-likeness (QED) is 0.446. The Morgan fingerprint density at radius 2 is 2.37 bits per heavy atom. The summed E-state index contributed by atoms with van der Waals surface area (Å²) < 4.78 is 0. The molecule has 0 saturated carbocycles. The first kappa shape index (κ1) is 13.5. The first-order valence-electron chi connectivity index (χ1n) is 6.11. The van der Waals surface area contributed by atoms with Gasteiger partial charge in [0.15, 0.2) is 5.96 Å². The molecular formula is C14H17ClN4. The van der Waals surface area contributed by atoms with Crippen LogP contribution in [0.4, 0.5) is 0 Å². The summed E-state index contributed by atoms with van der Waals surface area (Å²) in [5.41, 5.74) is 7.97. The Kier molecular flexibility index (Phi) is 4.47. The third-order valence-corrected chi connectivity index (χ3v) is 3.06. The number of halogens is 1. The van der Waals surface area contributed by atoms with Crippen LogP contribution in [0.25, 0.3) is 10.9 Å². The molecule has 0 aliphatic rings. The molecule has 100 valence electrons. The Labute approximate surface area is 117 Å². The second kappa shape index (κ2) is 6.29. The van der Waals surface area contributed by atoms with Crippen LogP contribution in [0, 0.1) is 0 Å². The van der Waals surface area contributed by atoms with Gasteiger partial charge in [-0.05, 0) is 30.2 Å². The second-order valence-electron chi connectivity index (χ2n) is 4.19. The minimum Gasteiger partial charge on any atom is -0.370 e. The molecule has 1 heterocycles. The molecule has 0 aliphatic heterocycles. The second-order valence-corrected chi connectivity index (χ2v) is 4.63. The Balaban J connectivity index is 2.02.